The van der Waals surface area contributed by atoms with Gasteiger partial charge in [0.25, 0.3) is 5.56 Å². The van der Waals surface area contributed by atoms with Gasteiger partial charge < -0.3 is 9.47 Å². The van der Waals surface area contributed by atoms with Gasteiger partial charge in [-0.05, 0) is 55.3 Å². The Hall–Kier alpha value is -2.61. The molecule has 6 nitrogen and oxygen atoms in total. The van der Waals surface area contributed by atoms with Crippen LogP contribution in [0.3, 0.4) is 0 Å². The zero-order chi connectivity index (χ0) is 23.4. The van der Waals surface area contributed by atoms with Crippen LogP contribution in [0.2, 0.25) is 10.0 Å². The molecule has 2 aromatic heterocycles. The number of ether oxygens (including phenoxy) is 2. The van der Waals surface area contributed by atoms with E-state index in [9.17, 15) is 4.79 Å². The lowest BCUT2D eigenvalue weighted by molar-refractivity contribution is 0.271. The van der Waals surface area contributed by atoms with E-state index < -0.39 is 0 Å². The molecule has 0 bridgehead atoms. The molecule has 9 heteroatoms. The number of halogens is 2. The van der Waals surface area contributed by atoms with E-state index in [-0.39, 0.29) is 5.56 Å². The molecule has 0 atom stereocenters. The highest BCUT2D eigenvalue weighted by Crippen LogP contribution is 2.30. The molecule has 0 aliphatic rings. The van der Waals surface area contributed by atoms with Crippen LogP contribution in [-0.2, 0) is 0 Å². The van der Waals surface area contributed by atoms with E-state index >= 15 is 0 Å². The van der Waals surface area contributed by atoms with Crippen LogP contribution < -0.4 is 19.6 Å². The van der Waals surface area contributed by atoms with Gasteiger partial charge >= 0.3 is 0 Å². The molecular formula is C24H23Cl2N3O3S. The molecule has 0 N–H and O–H groups in total. The van der Waals surface area contributed by atoms with Crippen molar-refractivity contribution in [3.8, 4) is 22.9 Å². The quantitative estimate of drug-likeness (QED) is 0.276. The first kappa shape index (κ1) is 23.5. The number of benzene rings is 2. The summed E-state index contributed by atoms with van der Waals surface area (Å²) in [5.74, 6) is 1.75. The zero-order valence-electron chi connectivity index (χ0n) is 18.3. The van der Waals surface area contributed by atoms with Gasteiger partial charge in [-0.25, -0.2) is 0 Å². The average molecular weight is 504 g/mol. The third-order valence-corrected chi connectivity index (χ3v) is 6.43. The average Bonchev–Trinajstić information content (AvgIpc) is 3.32. The maximum Gasteiger partial charge on any atom is 0.291 e. The Morgan fingerprint density at radius 1 is 1.06 bits per heavy atom. The van der Waals surface area contributed by atoms with E-state index in [2.05, 4.69) is 17.0 Å². The summed E-state index contributed by atoms with van der Waals surface area (Å²) in [4.78, 5) is 17.9. The van der Waals surface area contributed by atoms with Crippen molar-refractivity contribution >= 4 is 45.6 Å². The van der Waals surface area contributed by atoms with Crippen LogP contribution in [0.25, 0.3) is 22.4 Å². The van der Waals surface area contributed by atoms with Gasteiger partial charge in [0, 0.05) is 10.6 Å². The molecule has 0 saturated carbocycles. The van der Waals surface area contributed by atoms with Crippen LogP contribution in [0.1, 0.15) is 38.7 Å². The first-order valence-electron chi connectivity index (χ1n) is 10.8. The van der Waals surface area contributed by atoms with E-state index in [0.717, 1.165) is 24.8 Å². The van der Waals surface area contributed by atoms with Gasteiger partial charge in [0.1, 0.15) is 0 Å². The van der Waals surface area contributed by atoms with Gasteiger partial charge in [0.2, 0.25) is 4.96 Å². The number of hydrogen-bond donors (Lipinski definition) is 0. The molecule has 4 aromatic rings. The molecule has 2 heterocycles. The molecule has 0 aliphatic carbocycles. The summed E-state index contributed by atoms with van der Waals surface area (Å²) in [5, 5.41) is 5.31. The van der Waals surface area contributed by atoms with Crippen LogP contribution in [-0.4, -0.2) is 27.8 Å². The lowest BCUT2D eigenvalue weighted by atomic mass is 10.2. The maximum absolute atomic E-state index is 12.9. The molecule has 0 spiro atoms. The van der Waals surface area contributed by atoms with Crippen molar-refractivity contribution in [2.45, 2.75) is 33.1 Å². The first-order chi connectivity index (χ1) is 16.0. The van der Waals surface area contributed by atoms with Gasteiger partial charge in [-0.2, -0.15) is 9.50 Å². The van der Waals surface area contributed by atoms with Crippen LogP contribution in [0.15, 0.2) is 41.2 Å². The summed E-state index contributed by atoms with van der Waals surface area (Å²) in [5.41, 5.74) is 1.22. The molecule has 172 valence electrons. The fourth-order valence-electron chi connectivity index (χ4n) is 3.31. The molecule has 0 fully saturated rings. The minimum atomic E-state index is -0.239. The minimum absolute atomic E-state index is 0.239. The van der Waals surface area contributed by atoms with Crippen molar-refractivity contribution in [1.82, 2.24) is 14.6 Å². The molecule has 2 aromatic carbocycles. The number of nitrogens with zero attached hydrogens (tertiary/aromatic N) is 3. The molecule has 0 unspecified atom stereocenters. The van der Waals surface area contributed by atoms with E-state index in [4.69, 9.17) is 32.7 Å². The van der Waals surface area contributed by atoms with E-state index in [1.54, 1.807) is 18.2 Å². The molecule has 0 amide bonds. The number of aromatic nitrogens is 3. The van der Waals surface area contributed by atoms with E-state index in [0.29, 0.717) is 55.6 Å². The Bertz CT molecular complexity index is 1380. The zero-order valence-corrected chi connectivity index (χ0v) is 20.6. The highest BCUT2D eigenvalue weighted by Gasteiger charge is 2.15. The topological polar surface area (TPSA) is 65.7 Å². The second-order valence-electron chi connectivity index (χ2n) is 7.36. The monoisotopic (exact) mass is 503 g/mol. The molecule has 0 radical (unpaired) electrons. The standard InChI is InChI=1S/C24H23Cl2N3O3S/c1-3-5-6-11-32-19-10-7-15(12-20(19)31-4-2)13-21-23(30)29-24(33-21)27-22(28-29)17-9-8-16(25)14-18(17)26/h7-10,12-14H,3-6,11H2,1-2H3/b21-13+. The lowest BCUT2D eigenvalue weighted by Gasteiger charge is -2.12. The van der Waals surface area contributed by atoms with E-state index in [1.165, 1.54) is 15.9 Å². The predicted octanol–water partition coefficient (Wildman–Crippen LogP) is 5.64. The number of thiazole rings is 1. The van der Waals surface area contributed by atoms with Gasteiger partial charge in [0.15, 0.2) is 17.3 Å². The highest BCUT2D eigenvalue weighted by atomic mass is 35.5. The Labute approximate surface area is 205 Å². The highest BCUT2D eigenvalue weighted by molar-refractivity contribution is 7.15. The fourth-order valence-corrected chi connectivity index (χ4v) is 4.71. The van der Waals surface area contributed by atoms with Gasteiger partial charge in [-0.3, -0.25) is 4.79 Å². The SMILES string of the molecule is CCCCCOc1ccc(/C=c2/sc3nc(-c4ccc(Cl)cc4Cl)nn3c2=O)cc1OCC. The fraction of sp³-hybridized carbons (Fsp3) is 0.292. The first-order valence-corrected chi connectivity index (χ1v) is 12.3. The maximum atomic E-state index is 12.9. The Morgan fingerprint density at radius 3 is 2.64 bits per heavy atom. The Balaban J connectivity index is 1.64. The molecule has 33 heavy (non-hydrogen) atoms. The normalized spacial score (nSPS) is 11.9. The summed E-state index contributed by atoms with van der Waals surface area (Å²) in [7, 11) is 0. The number of rotatable bonds is 9. The van der Waals surface area contributed by atoms with Gasteiger partial charge in [-0.1, -0.05) is 60.4 Å². The summed E-state index contributed by atoms with van der Waals surface area (Å²) >= 11 is 13.5. The minimum Gasteiger partial charge on any atom is -0.490 e. The number of fused-ring (bicyclic) bond motifs is 1. The summed E-state index contributed by atoms with van der Waals surface area (Å²) in [6, 6.07) is 10.7. The lowest BCUT2D eigenvalue weighted by Crippen LogP contribution is -2.23. The number of unbranched alkanes of at least 4 members (excludes halogenated alkanes) is 2. The Morgan fingerprint density at radius 2 is 1.91 bits per heavy atom. The number of hydrogen-bond acceptors (Lipinski definition) is 6. The van der Waals surface area contributed by atoms with E-state index in [1.807, 2.05) is 31.2 Å². The van der Waals surface area contributed by atoms with Crippen LogP contribution in [0.5, 0.6) is 11.5 Å². The third-order valence-electron chi connectivity index (χ3n) is 4.92. The van der Waals surface area contributed by atoms with Crippen molar-refractivity contribution in [3.63, 3.8) is 0 Å². The second kappa shape index (κ2) is 10.5. The molecule has 4 rings (SSSR count). The van der Waals surface area contributed by atoms with Crippen molar-refractivity contribution in [2.24, 2.45) is 0 Å². The largest absolute Gasteiger partial charge is 0.490 e. The second-order valence-corrected chi connectivity index (χ2v) is 9.22. The van der Waals surface area contributed by atoms with Crippen molar-refractivity contribution in [1.29, 1.82) is 0 Å². The molecule has 0 saturated heterocycles. The van der Waals surface area contributed by atoms with Crippen LogP contribution >= 0.6 is 34.5 Å². The van der Waals surface area contributed by atoms with Gasteiger partial charge in [-0.15, -0.1) is 5.10 Å². The Kier molecular flexibility index (Phi) is 7.53. The van der Waals surface area contributed by atoms with Crippen molar-refractivity contribution in [2.75, 3.05) is 13.2 Å². The molecule has 0 aliphatic heterocycles. The smallest absolute Gasteiger partial charge is 0.291 e. The van der Waals surface area contributed by atoms with Gasteiger partial charge in [0.05, 0.1) is 22.8 Å². The summed E-state index contributed by atoms with van der Waals surface area (Å²) in [6.07, 6.45) is 5.07. The van der Waals surface area contributed by atoms with Crippen LogP contribution in [0, 0.1) is 0 Å². The van der Waals surface area contributed by atoms with Crippen molar-refractivity contribution in [3.05, 3.63) is 66.9 Å². The van der Waals surface area contributed by atoms with Crippen LogP contribution in [0.4, 0.5) is 0 Å². The summed E-state index contributed by atoms with van der Waals surface area (Å²) < 4.78 is 13.5. The summed E-state index contributed by atoms with van der Waals surface area (Å²) in [6.45, 7) is 5.26. The third kappa shape index (κ3) is 5.32. The molecular weight excluding hydrogens is 481 g/mol. The van der Waals surface area contributed by atoms with Crippen molar-refractivity contribution < 1.29 is 9.47 Å². The predicted molar refractivity (Wildman–Crippen MR) is 134 cm³/mol.